The fraction of sp³-hybridized carbons (Fsp3) is 0.850. The number of aliphatic hydroxyl groups is 1. The van der Waals surface area contributed by atoms with Crippen LogP contribution in [0.25, 0.3) is 0 Å². The van der Waals surface area contributed by atoms with Crippen LogP contribution < -0.4 is 0 Å². The van der Waals surface area contributed by atoms with E-state index in [9.17, 15) is 9.90 Å². The molecule has 1 aromatic heterocycles. The minimum atomic E-state index is -0.819. The predicted octanol–water partition coefficient (Wildman–Crippen LogP) is 3.87. The van der Waals surface area contributed by atoms with Crippen molar-refractivity contribution < 1.29 is 15.0 Å². The van der Waals surface area contributed by atoms with E-state index in [2.05, 4.69) is 31.1 Å². The van der Waals surface area contributed by atoms with Crippen molar-refractivity contribution in [2.24, 2.45) is 11.3 Å². The van der Waals surface area contributed by atoms with Gasteiger partial charge in [-0.15, -0.1) is 5.10 Å². The van der Waals surface area contributed by atoms with Crippen LogP contribution in [0.4, 0.5) is 0 Å². The van der Waals surface area contributed by atoms with Crippen LogP contribution in [0.5, 0.6) is 0 Å². The molecule has 6 nitrogen and oxygen atoms in total. The van der Waals surface area contributed by atoms with Crippen LogP contribution in [0.15, 0.2) is 0 Å². The van der Waals surface area contributed by atoms with Crippen molar-refractivity contribution >= 4 is 5.97 Å². The van der Waals surface area contributed by atoms with Crippen molar-refractivity contribution in [3.63, 3.8) is 0 Å². The van der Waals surface area contributed by atoms with E-state index in [1.54, 1.807) is 0 Å². The molecule has 26 heavy (non-hydrogen) atoms. The number of aromatic nitrogens is 3. The van der Waals surface area contributed by atoms with Gasteiger partial charge in [-0.25, -0.2) is 4.68 Å². The number of aliphatic carboxylic acids is 1. The molecule has 0 aliphatic heterocycles. The van der Waals surface area contributed by atoms with Crippen molar-refractivity contribution in [1.82, 2.24) is 15.0 Å². The maximum absolute atomic E-state index is 11.3. The van der Waals surface area contributed by atoms with Crippen LogP contribution in [0, 0.1) is 11.3 Å². The van der Waals surface area contributed by atoms with E-state index in [4.69, 9.17) is 5.11 Å². The number of carbonyl (C=O) groups is 1. The van der Waals surface area contributed by atoms with Gasteiger partial charge in [0.05, 0.1) is 23.9 Å². The molecule has 0 amide bonds. The molecule has 2 saturated carbocycles. The van der Waals surface area contributed by atoms with E-state index < -0.39 is 5.97 Å². The van der Waals surface area contributed by atoms with E-state index in [1.807, 2.05) is 4.68 Å². The maximum atomic E-state index is 11.3. The SMILES string of the molecule is CC(C)(C)CC1CC(c2nnn(C(CCCO)CC(=O)O)c2C2CC2)C1. The van der Waals surface area contributed by atoms with Crippen LogP contribution in [-0.2, 0) is 4.79 Å². The van der Waals surface area contributed by atoms with Gasteiger partial charge in [0.2, 0.25) is 0 Å². The zero-order valence-electron chi connectivity index (χ0n) is 16.3. The molecule has 146 valence electrons. The lowest BCUT2D eigenvalue weighted by Crippen LogP contribution is -2.27. The van der Waals surface area contributed by atoms with Gasteiger partial charge in [0.1, 0.15) is 0 Å². The lowest BCUT2D eigenvalue weighted by atomic mass is 9.67. The summed E-state index contributed by atoms with van der Waals surface area (Å²) in [6.45, 7) is 6.96. The van der Waals surface area contributed by atoms with Gasteiger partial charge >= 0.3 is 5.97 Å². The van der Waals surface area contributed by atoms with Crippen molar-refractivity contribution in [3.8, 4) is 0 Å². The highest BCUT2D eigenvalue weighted by molar-refractivity contribution is 5.67. The molecule has 0 saturated heterocycles. The minimum Gasteiger partial charge on any atom is -0.481 e. The van der Waals surface area contributed by atoms with Crippen molar-refractivity contribution in [2.75, 3.05) is 6.61 Å². The molecule has 1 heterocycles. The molecule has 2 aliphatic carbocycles. The summed E-state index contributed by atoms with van der Waals surface area (Å²) in [7, 11) is 0. The van der Waals surface area contributed by atoms with Gasteiger partial charge in [-0.1, -0.05) is 26.0 Å². The third kappa shape index (κ3) is 4.64. The molecule has 0 radical (unpaired) electrons. The first-order valence-corrected chi connectivity index (χ1v) is 10.1. The smallest absolute Gasteiger partial charge is 0.305 e. The zero-order chi connectivity index (χ0) is 18.9. The van der Waals surface area contributed by atoms with Crippen molar-refractivity contribution in [2.45, 2.75) is 90.0 Å². The number of carboxylic acids is 1. The summed E-state index contributed by atoms with van der Waals surface area (Å²) in [6.07, 6.45) is 7.16. The van der Waals surface area contributed by atoms with E-state index in [1.165, 1.54) is 25.0 Å². The quantitative estimate of drug-likeness (QED) is 0.695. The van der Waals surface area contributed by atoms with Crippen molar-refractivity contribution in [3.05, 3.63) is 11.4 Å². The molecule has 1 atom stereocenters. The average Bonchev–Trinajstić information content (AvgIpc) is 3.25. The first-order chi connectivity index (χ1) is 12.3. The summed E-state index contributed by atoms with van der Waals surface area (Å²) in [4.78, 5) is 11.3. The van der Waals surface area contributed by atoms with Gasteiger partial charge in [0.25, 0.3) is 0 Å². The summed E-state index contributed by atoms with van der Waals surface area (Å²) in [6, 6.07) is -0.207. The highest BCUT2D eigenvalue weighted by Crippen LogP contribution is 2.51. The van der Waals surface area contributed by atoms with Crippen LogP contribution >= 0.6 is 0 Å². The topological polar surface area (TPSA) is 88.2 Å². The van der Waals surface area contributed by atoms with Crippen LogP contribution in [0.3, 0.4) is 0 Å². The predicted molar refractivity (Wildman–Crippen MR) is 99.1 cm³/mol. The average molecular weight is 364 g/mol. The molecular weight excluding hydrogens is 330 g/mol. The van der Waals surface area contributed by atoms with Gasteiger partial charge in [0.15, 0.2) is 0 Å². The van der Waals surface area contributed by atoms with Gasteiger partial charge in [-0.2, -0.15) is 0 Å². The van der Waals surface area contributed by atoms with E-state index >= 15 is 0 Å². The Bertz CT molecular complexity index is 625. The highest BCUT2D eigenvalue weighted by atomic mass is 16.4. The van der Waals surface area contributed by atoms with Crippen LogP contribution in [-0.4, -0.2) is 37.8 Å². The standard InChI is InChI=1S/C20H33N3O3/c1-20(2,3)12-13-9-15(10-13)18-19(14-6-7-14)23(22-21-18)16(5-4-8-24)11-17(25)26/h13-16,24H,4-12H2,1-3H3,(H,25,26). The molecule has 0 bridgehead atoms. The fourth-order valence-electron chi connectivity index (χ4n) is 4.46. The normalized spacial score (nSPS) is 24.3. The Morgan fingerprint density at radius 2 is 1.96 bits per heavy atom. The number of nitrogens with zero attached hydrogens (tertiary/aromatic N) is 3. The zero-order valence-corrected chi connectivity index (χ0v) is 16.3. The number of hydrogen-bond donors (Lipinski definition) is 2. The Kier molecular flexibility index (Phi) is 5.70. The van der Waals surface area contributed by atoms with E-state index in [0.29, 0.717) is 30.1 Å². The molecule has 2 aliphatic rings. The summed E-state index contributed by atoms with van der Waals surface area (Å²) in [5, 5.41) is 27.4. The molecule has 3 rings (SSSR count). The highest BCUT2D eigenvalue weighted by Gasteiger charge is 2.41. The first-order valence-electron chi connectivity index (χ1n) is 10.1. The summed E-state index contributed by atoms with van der Waals surface area (Å²) >= 11 is 0. The number of rotatable bonds is 9. The third-order valence-electron chi connectivity index (χ3n) is 5.70. The molecule has 2 fully saturated rings. The fourth-order valence-corrected chi connectivity index (χ4v) is 4.46. The summed E-state index contributed by atoms with van der Waals surface area (Å²) in [5.74, 6) is 0.920. The second-order valence-electron chi connectivity index (χ2n) is 9.50. The molecule has 1 unspecified atom stereocenters. The van der Waals surface area contributed by atoms with Crippen LogP contribution in [0.1, 0.15) is 101 Å². The second kappa shape index (κ2) is 7.67. The van der Waals surface area contributed by atoms with Crippen LogP contribution in [0.2, 0.25) is 0 Å². The van der Waals surface area contributed by atoms with E-state index in [-0.39, 0.29) is 19.1 Å². The lowest BCUT2D eigenvalue weighted by molar-refractivity contribution is -0.138. The largest absolute Gasteiger partial charge is 0.481 e. The number of aliphatic hydroxyl groups excluding tert-OH is 1. The Labute approximate surface area is 156 Å². The molecule has 0 aromatic carbocycles. The summed E-state index contributed by atoms with van der Waals surface area (Å²) in [5.41, 5.74) is 2.68. The Balaban J connectivity index is 1.75. The first kappa shape index (κ1) is 19.3. The minimum absolute atomic E-state index is 0.0415. The summed E-state index contributed by atoms with van der Waals surface area (Å²) < 4.78 is 1.90. The second-order valence-corrected chi connectivity index (χ2v) is 9.50. The molecule has 2 N–H and O–H groups in total. The number of hydrogen-bond acceptors (Lipinski definition) is 4. The molecule has 1 aromatic rings. The third-order valence-corrected chi connectivity index (χ3v) is 5.70. The van der Waals surface area contributed by atoms with Gasteiger partial charge in [-0.3, -0.25) is 4.79 Å². The molecule has 6 heteroatoms. The van der Waals surface area contributed by atoms with Crippen molar-refractivity contribution in [1.29, 1.82) is 0 Å². The molecular formula is C20H33N3O3. The maximum Gasteiger partial charge on any atom is 0.305 e. The Morgan fingerprint density at radius 3 is 2.50 bits per heavy atom. The van der Waals surface area contributed by atoms with Gasteiger partial charge in [-0.05, 0) is 56.3 Å². The van der Waals surface area contributed by atoms with Gasteiger partial charge in [0, 0.05) is 18.4 Å². The molecule has 0 spiro atoms. The van der Waals surface area contributed by atoms with Gasteiger partial charge < -0.3 is 10.2 Å². The Morgan fingerprint density at radius 1 is 1.27 bits per heavy atom. The lowest BCUT2D eigenvalue weighted by Gasteiger charge is -2.38. The number of carboxylic acid groups (broad SMARTS) is 1. The van der Waals surface area contributed by atoms with E-state index in [0.717, 1.165) is 24.5 Å². The monoisotopic (exact) mass is 363 g/mol. The Hall–Kier alpha value is -1.43.